The van der Waals surface area contributed by atoms with Gasteiger partial charge in [-0.3, -0.25) is 4.79 Å². The lowest BCUT2D eigenvalue weighted by Gasteiger charge is -2.31. The third-order valence-electron chi connectivity index (χ3n) is 3.60. The molecule has 1 aliphatic heterocycles. The summed E-state index contributed by atoms with van der Waals surface area (Å²) in [5.41, 5.74) is 6.56. The van der Waals surface area contributed by atoms with Crippen molar-refractivity contribution >= 4 is 23.1 Å². The molecule has 0 fully saturated rings. The van der Waals surface area contributed by atoms with Gasteiger partial charge in [-0.15, -0.1) is 0 Å². The Bertz CT molecular complexity index is 504. The van der Waals surface area contributed by atoms with Gasteiger partial charge in [0.05, 0.1) is 23.6 Å². The maximum absolute atomic E-state index is 12.6. The van der Waals surface area contributed by atoms with Crippen LogP contribution >= 0.6 is 12.2 Å². The van der Waals surface area contributed by atoms with Crippen LogP contribution in [-0.2, 0) is 4.79 Å². The van der Waals surface area contributed by atoms with E-state index in [1.807, 2.05) is 31.2 Å². The van der Waals surface area contributed by atoms with Crippen LogP contribution in [0.25, 0.3) is 0 Å². The minimum Gasteiger partial charge on any atom is -0.493 e. The largest absolute Gasteiger partial charge is 0.493 e. The highest BCUT2D eigenvalue weighted by molar-refractivity contribution is 7.80. The van der Waals surface area contributed by atoms with E-state index < -0.39 is 0 Å². The lowest BCUT2D eigenvalue weighted by atomic mass is 9.91. The molecule has 1 aromatic carbocycles. The highest BCUT2D eigenvalue weighted by Crippen LogP contribution is 2.34. The molecule has 0 spiro atoms. The molecular weight excluding hydrogens is 260 g/mol. The normalized spacial score (nSPS) is 18.9. The van der Waals surface area contributed by atoms with E-state index in [0.29, 0.717) is 18.0 Å². The number of hydrogen-bond donors (Lipinski definition) is 1. The highest BCUT2D eigenvalue weighted by Gasteiger charge is 2.31. The van der Waals surface area contributed by atoms with E-state index in [9.17, 15) is 4.79 Å². The van der Waals surface area contributed by atoms with Crippen LogP contribution < -0.4 is 10.5 Å². The minimum absolute atomic E-state index is 0.0380. The molecule has 102 valence electrons. The van der Waals surface area contributed by atoms with Crippen molar-refractivity contribution in [3.63, 3.8) is 0 Å². The summed E-state index contributed by atoms with van der Waals surface area (Å²) in [4.78, 5) is 14.5. The third kappa shape index (κ3) is 2.71. The first-order valence-corrected chi connectivity index (χ1v) is 6.71. The molecule has 1 amide bonds. The number of thiocarbonyl (C=S) groups is 1. The number of fused-ring (bicyclic) bond motifs is 1. The smallest absolute Gasteiger partial charge is 0.230 e. The number of nitrogens with two attached hydrogens (primary N) is 1. The average Bonchev–Trinajstić information content (AvgIpc) is 2.44. The maximum atomic E-state index is 12.6. The zero-order valence-electron chi connectivity index (χ0n) is 11.1. The topological polar surface area (TPSA) is 55.6 Å². The maximum Gasteiger partial charge on any atom is 0.230 e. The predicted octanol–water partition coefficient (Wildman–Crippen LogP) is 1.69. The Morgan fingerprint density at radius 3 is 2.89 bits per heavy atom. The van der Waals surface area contributed by atoms with E-state index in [1.54, 1.807) is 11.9 Å². The second kappa shape index (κ2) is 5.57. The molecule has 0 radical (unpaired) electrons. The van der Waals surface area contributed by atoms with E-state index >= 15 is 0 Å². The molecule has 1 aliphatic rings. The molecule has 19 heavy (non-hydrogen) atoms. The summed E-state index contributed by atoms with van der Waals surface area (Å²) in [6.45, 7) is 2.40. The molecule has 0 saturated carbocycles. The number of carbonyl (C=O) groups excluding carboxylic acids is 1. The number of ether oxygens (including phenoxy) is 1. The molecule has 0 saturated heterocycles. The van der Waals surface area contributed by atoms with Gasteiger partial charge in [0.25, 0.3) is 0 Å². The number of carbonyl (C=O) groups is 1. The predicted molar refractivity (Wildman–Crippen MR) is 78.3 cm³/mol. The van der Waals surface area contributed by atoms with Crippen molar-refractivity contribution in [2.75, 3.05) is 13.7 Å². The van der Waals surface area contributed by atoms with Crippen LogP contribution in [0.15, 0.2) is 24.3 Å². The molecule has 0 aromatic heterocycles. The van der Waals surface area contributed by atoms with Crippen LogP contribution in [0.5, 0.6) is 5.75 Å². The average molecular weight is 278 g/mol. The summed E-state index contributed by atoms with van der Waals surface area (Å²) in [6.07, 6.45) is 0.685. The van der Waals surface area contributed by atoms with E-state index in [4.69, 9.17) is 22.7 Å². The van der Waals surface area contributed by atoms with Gasteiger partial charge in [0.15, 0.2) is 0 Å². The van der Waals surface area contributed by atoms with Crippen molar-refractivity contribution in [2.45, 2.75) is 25.3 Å². The van der Waals surface area contributed by atoms with Crippen LogP contribution in [0.3, 0.4) is 0 Å². The zero-order valence-corrected chi connectivity index (χ0v) is 11.9. The van der Waals surface area contributed by atoms with Crippen LogP contribution in [0.2, 0.25) is 0 Å². The standard InChI is InChI=1S/C14H18N2O2S/c1-9(13(15)19)16(2)14(17)11-7-8-18-12-6-4-3-5-10(11)12/h3-6,9,11H,7-8H2,1-2H3,(H2,15,19). The molecule has 1 aromatic rings. The summed E-state index contributed by atoms with van der Waals surface area (Å²) in [5, 5.41) is 0. The van der Waals surface area contributed by atoms with Gasteiger partial charge in [0, 0.05) is 12.6 Å². The minimum atomic E-state index is -0.238. The van der Waals surface area contributed by atoms with E-state index in [0.717, 1.165) is 11.3 Å². The van der Waals surface area contributed by atoms with Gasteiger partial charge in [-0.05, 0) is 19.4 Å². The van der Waals surface area contributed by atoms with Crippen LogP contribution in [0, 0.1) is 0 Å². The van der Waals surface area contributed by atoms with Crippen molar-refractivity contribution in [3.05, 3.63) is 29.8 Å². The van der Waals surface area contributed by atoms with Gasteiger partial charge in [0.2, 0.25) is 5.91 Å². The first kappa shape index (κ1) is 13.8. The van der Waals surface area contributed by atoms with E-state index in [-0.39, 0.29) is 17.9 Å². The molecule has 0 bridgehead atoms. The van der Waals surface area contributed by atoms with Crippen molar-refractivity contribution in [2.24, 2.45) is 5.73 Å². The fourth-order valence-corrected chi connectivity index (χ4v) is 2.38. The fourth-order valence-electron chi connectivity index (χ4n) is 2.23. The summed E-state index contributed by atoms with van der Waals surface area (Å²) in [5.74, 6) is 0.659. The highest BCUT2D eigenvalue weighted by atomic mass is 32.1. The fraction of sp³-hybridized carbons (Fsp3) is 0.429. The molecule has 1 heterocycles. The Balaban J connectivity index is 2.24. The summed E-state index contributed by atoms with van der Waals surface area (Å²) >= 11 is 4.95. The molecule has 2 unspecified atom stereocenters. The number of benzene rings is 1. The molecule has 4 nitrogen and oxygen atoms in total. The SMILES string of the molecule is CC(C(N)=S)N(C)C(=O)C1CCOc2ccccc21. The Morgan fingerprint density at radius 1 is 1.53 bits per heavy atom. The van der Waals surface area contributed by atoms with Crippen molar-refractivity contribution in [1.29, 1.82) is 0 Å². The van der Waals surface area contributed by atoms with Gasteiger partial charge in [0.1, 0.15) is 5.75 Å². The number of amides is 1. The molecule has 2 rings (SSSR count). The van der Waals surface area contributed by atoms with Gasteiger partial charge >= 0.3 is 0 Å². The van der Waals surface area contributed by atoms with Crippen molar-refractivity contribution < 1.29 is 9.53 Å². The second-order valence-electron chi connectivity index (χ2n) is 4.76. The van der Waals surface area contributed by atoms with Gasteiger partial charge in [-0.25, -0.2) is 0 Å². The Labute approximate surface area is 118 Å². The number of hydrogen-bond acceptors (Lipinski definition) is 3. The number of nitrogens with zero attached hydrogens (tertiary/aromatic N) is 1. The zero-order chi connectivity index (χ0) is 14.0. The van der Waals surface area contributed by atoms with Gasteiger partial charge < -0.3 is 15.4 Å². The van der Waals surface area contributed by atoms with Crippen molar-refractivity contribution in [3.8, 4) is 5.75 Å². The molecule has 0 aliphatic carbocycles. The van der Waals surface area contributed by atoms with Gasteiger partial charge in [-0.2, -0.15) is 0 Å². The molecule has 2 N–H and O–H groups in total. The van der Waals surface area contributed by atoms with Crippen molar-refractivity contribution in [1.82, 2.24) is 4.90 Å². The molecule has 2 atom stereocenters. The number of para-hydroxylation sites is 1. The third-order valence-corrected chi connectivity index (χ3v) is 3.94. The Morgan fingerprint density at radius 2 is 2.21 bits per heavy atom. The first-order valence-electron chi connectivity index (χ1n) is 6.30. The summed E-state index contributed by atoms with van der Waals surface area (Å²) in [7, 11) is 1.74. The summed E-state index contributed by atoms with van der Waals surface area (Å²) < 4.78 is 5.57. The lowest BCUT2D eigenvalue weighted by Crippen LogP contribution is -2.45. The molecular formula is C14H18N2O2S. The van der Waals surface area contributed by atoms with E-state index in [2.05, 4.69) is 0 Å². The van der Waals surface area contributed by atoms with Crippen LogP contribution in [-0.4, -0.2) is 35.5 Å². The Hall–Kier alpha value is -1.62. The molecule has 5 heteroatoms. The first-order chi connectivity index (χ1) is 9.02. The second-order valence-corrected chi connectivity index (χ2v) is 5.23. The Kier molecular flexibility index (Phi) is 4.04. The number of rotatable bonds is 3. The lowest BCUT2D eigenvalue weighted by molar-refractivity contribution is -0.132. The van der Waals surface area contributed by atoms with Gasteiger partial charge in [-0.1, -0.05) is 30.4 Å². The number of likely N-dealkylation sites (N-methyl/N-ethyl adjacent to an activating group) is 1. The van der Waals surface area contributed by atoms with Crippen LogP contribution in [0.1, 0.15) is 24.8 Å². The quantitative estimate of drug-likeness (QED) is 0.855. The van der Waals surface area contributed by atoms with Crippen LogP contribution in [0.4, 0.5) is 0 Å². The monoisotopic (exact) mass is 278 g/mol. The summed E-state index contributed by atoms with van der Waals surface area (Å²) in [6, 6.07) is 7.43. The van der Waals surface area contributed by atoms with E-state index in [1.165, 1.54) is 0 Å².